The van der Waals surface area contributed by atoms with Crippen LogP contribution in [-0.4, -0.2) is 54.6 Å². The van der Waals surface area contributed by atoms with Gasteiger partial charge >= 0.3 is 0 Å². The summed E-state index contributed by atoms with van der Waals surface area (Å²) in [5, 5.41) is 3.28. The number of nitrogens with two attached hydrogens (primary N) is 1. The highest BCUT2D eigenvalue weighted by Crippen LogP contribution is 2.30. The molecule has 0 spiro atoms. The summed E-state index contributed by atoms with van der Waals surface area (Å²) in [5.74, 6) is -0.629. The van der Waals surface area contributed by atoms with E-state index in [1.165, 1.54) is 6.07 Å². The lowest BCUT2D eigenvalue weighted by Crippen LogP contribution is -2.40. The lowest BCUT2D eigenvalue weighted by atomic mass is 10.1. The first kappa shape index (κ1) is 20.9. The van der Waals surface area contributed by atoms with Gasteiger partial charge in [-0.3, -0.25) is 9.59 Å². The molecule has 1 aliphatic heterocycles. The monoisotopic (exact) mass is 418 g/mol. The van der Waals surface area contributed by atoms with Gasteiger partial charge in [-0.1, -0.05) is 18.5 Å². The van der Waals surface area contributed by atoms with Crippen molar-refractivity contribution in [3.63, 3.8) is 0 Å². The smallest absolute Gasteiger partial charge is 0.256 e. The Kier molecular flexibility index (Phi) is 6.90. The third kappa shape index (κ3) is 5.16. The number of primary amides is 1. The predicted octanol–water partition coefficient (Wildman–Crippen LogP) is 2.84. The molecule has 1 fully saturated rings. The van der Waals surface area contributed by atoms with E-state index in [1.54, 1.807) is 29.2 Å². The number of hydrogen-bond donors (Lipinski definition) is 2. The minimum Gasteiger partial charge on any atom is -0.477 e. The van der Waals surface area contributed by atoms with Gasteiger partial charge in [0.2, 0.25) is 5.88 Å². The molecule has 0 bridgehead atoms. The van der Waals surface area contributed by atoms with Gasteiger partial charge in [0.25, 0.3) is 11.8 Å². The number of anilines is 2. The molecule has 29 heavy (non-hydrogen) atoms. The maximum atomic E-state index is 12.5. The van der Waals surface area contributed by atoms with Gasteiger partial charge in [-0.15, -0.1) is 0 Å². The van der Waals surface area contributed by atoms with Crippen LogP contribution in [0.2, 0.25) is 5.15 Å². The number of rotatable bonds is 7. The molecule has 1 aromatic heterocycles. The van der Waals surface area contributed by atoms with Crippen molar-refractivity contribution in [1.29, 1.82) is 0 Å². The van der Waals surface area contributed by atoms with Crippen LogP contribution < -0.4 is 15.8 Å². The fraction of sp³-hybridized carbons (Fsp3) is 0.350. The minimum atomic E-state index is -0.679. The van der Waals surface area contributed by atoms with Crippen molar-refractivity contribution >= 4 is 34.8 Å². The Balaban J connectivity index is 1.81. The van der Waals surface area contributed by atoms with Crippen LogP contribution in [0.3, 0.4) is 0 Å². The normalized spacial score (nSPS) is 13.8. The first-order valence-corrected chi connectivity index (χ1v) is 9.74. The molecule has 0 unspecified atom stereocenters. The number of halogens is 1. The van der Waals surface area contributed by atoms with E-state index in [0.29, 0.717) is 49.8 Å². The molecule has 2 aromatic rings. The molecule has 3 rings (SSSR count). The van der Waals surface area contributed by atoms with Gasteiger partial charge in [0.1, 0.15) is 10.7 Å². The van der Waals surface area contributed by atoms with Gasteiger partial charge in [0, 0.05) is 30.4 Å². The summed E-state index contributed by atoms with van der Waals surface area (Å²) >= 11 is 6.08. The number of carbonyl (C=O) groups is 2. The van der Waals surface area contributed by atoms with Crippen LogP contribution >= 0.6 is 11.6 Å². The Morgan fingerprint density at radius 2 is 1.97 bits per heavy atom. The second kappa shape index (κ2) is 9.58. The Morgan fingerprint density at radius 3 is 2.59 bits per heavy atom. The molecule has 0 radical (unpaired) electrons. The number of benzene rings is 1. The molecule has 1 aromatic carbocycles. The molecule has 0 aliphatic carbocycles. The largest absolute Gasteiger partial charge is 0.477 e. The molecule has 2 amide bonds. The summed E-state index contributed by atoms with van der Waals surface area (Å²) in [7, 11) is 0. The van der Waals surface area contributed by atoms with Gasteiger partial charge in [-0.05, 0) is 30.7 Å². The summed E-state index contributed by atoms with van der Waals surface area (Å²) in [6.07, 6.45) is 0.744. The SMILES string of the molecule is CCCOc1nc(Cl)cc(Nc2ccc(C(=O)N3CCOCC3)cc2)c1C(N)=O. The second-order valence-corrected chi connectivity index (χ2v) is 6.88. The van der Waals surface area contributed by atoms with Crippen molar-refractivity contribution in [2.45, 2.75) is 13.3 Å². The zero-order valence-corrected chi connectivity index (χ0v) is 16.9. The van der Waals surface area contributed by atoms with Crippen LogP contribution in [0.1, 0.15) is 34.1 Å². The van der Waals surface area contributed by atoms with Crippen LogP contribution in [0.4, 0.5) is 11.4 Å². The highest BCUT2D eigenvalue weighted by Gasteiger charge is 2.20. The molecule has 9 heteroatoms. The Labute approximate surface area is 173 Å². The molecule has 154 valence electrons. The maximum absolute atomic E-state index is 12.5. The number of carbonyl (C=O) groups excluding carboxylic acids is 2. The van der Waals surface area contributed by atoms with E-state index in [-0.39, 0.29) is 22.5 Å². The Bertz CT molecular complexity index is 883. The van der Waals surface area contributed by atoms with Crippen LogP contribution in [0.25, 0.3) is 0 Å². The number of nitrogens with zero attached hydrogens (tertiary/aromatic N) is 2. The van der Waals surface area contributed by atoms with Gasteiger partial charge in [-0.25, -0.2) is 4.98 Å². The summed E-state index contributed by atoms with van der Waals surface area (Å²) in [5.41, 5.74) is 7.28. The van der Waals surface area contributed by atoms with E-state index in [0.717, 1.165) is 6.42 Å². The van der Waals surface area contributed by atoms with Crippen LogP contribution in [-0.2, 0) is 4.74 Å². The minimum absolute atomic E-state index is 0.0418. The number of hydrogen-bond acceptors (Lipinski definition) is 6. The van der Waals surface area contributed by atoms with Gasteiger partial charge in [0.05, 0.1) is 25.5 Å². The first-order chi connectivity index (χ1) is 14.0. The summed E-state index contributed by atoms with van der Waals surface area (Å²) in [4.78, 5) is 30.4. The molecule has 1 aliphatic rings. The fourth-order valence-electron chi connectivity index (χ4n) is 2.93. The first-order valence-electron chi connectivity index (χ1n) is 9.37. The van der Waals surface area contributed by atoms with E-state index in [1.807, 2.05) is 6.92 Å². The van der Waals surface area contributed by atoms with Crippen molar-refractivity contribution in [2.24, 2.45) is 5.73 Å². The van der Waals surface area contributed by atoms with Crippen molar-refractivity contribution < 1.29 is 19.1 Å². The molecular weight excluding hydrogens is 396 g/mol. The van der Waals surface area contributed by atoms with Crippen LogP contribution in [0.5, 0.6) is 5.88 Å². The highest BCUT2D eigenvalue weighted by molar-refractivity contribution is 6.30. The molecule has 2 heterocycles. The third-order valence-electron chi connectivity index (χ3n) is 4.35. The number of nitrogens with one attached hydrogen (secondary N) is 1. The molecule has 0 saturated carbocycles. The number of amides is 2. The molecule has 0 atom stereocenters. The van der Waals surface area contributed by atoms with E-state index in [2.05, 4.69) is 10.3 Å². The van der Waals surface area contributed by atoms with Crippen molar-refractivity contribution in [1.82, 2.24) is 9.88 Å². The number of aromatic nitrogens is 1. The summed E-state index contributed by atoms with van der Waals surface area (Å²) in [6, 6.07) is 8.45. The van der Waals surface area contributed by atoms with E-state index in [9.17, 15) is 9.59 Å². The lowest BCUT2D eigenvalue weighted by molar-refractivity contribution is 0.0303. The average molecular weight is 419 g/mol. The van der Waals surface area contributed by atoms with Crippen LogP contribution in [0.15, 0.2) is 30.3 Å². The summed E-state index contributed by atoms with van der Waals surface area (Å²) < 4.78 is 10.8. The van der Waals surface area contributed by atoms with Crippen LogP contribution in [0, 0.1) is 0 Å². The van der Waals surface area contributed by atoms with E-state index >= 15 is 0 Å². The zero-order chi connectivity index (χ0) is 20.8. The standard InChI is InChI=1S/C20H23ClN4O4/c1-2-9-29-19-17(18(22)26)15(12-16(21)24-19)23-14-5-3-13(4-6-14)20(27)25-7-10-28-11-8-25/h3-6,12H,2,7-11H2,1H3,(H2,22,26)(H,23,24). The topological polar surface area (TPSA) is 107 Å². The highest BCUT2D eigenvalue weighted by atomic mass is 35.5. The molecule has 8 nitrogen and oxygen atoms in total. The third-order valence-corrected chi connectivity index (χ3v) is 4.55. The van der Waals surface area contributed by atoms with Crippen molar-refractivity contribution in [3.05, 3.63) is 46.6 Å². The molecular formula is C20H23ClN4O4. The van der Waals surface area contributed by atoms with Gasteiger partial charge in [-0.2, -0.15) is 0 Å². The Morgan fingerprint density at radius 1 is 1.28 bits per heavy atom. The average Bonchev–Trinajstić information content (AvgIpc) is 2.72. The maximum Gasteiger partial charge on any atom is 0.256 e. The lowest BCUT2D eigenvalue weighted by Gasteiger charge is -2.26. The fourth-order valence-corrected chi connectivity index (χ4v) is 3.12. The summed E-state index contributed by atoms with van der Waals surface area (Å²) in [6.45, 7) is 4.57. The zero-order valence-electron chi connectivity index (χ0n) is 16.1. The second-order valence-electron chi connectivity index (χ2n) is 6.49. The van der Waals surface area contributed by atoms with E-state index in [4.69, 9.17) is 26.8 Å². The number of ether oxygens (including phenoxy) is 2. The Hall–Kier alpha value is -2.84. The number of pyridine rings is 1. The molecule has 3 N–H and O–H groups in total. The van der Waals surface area contributed by atoms with Gasteiger partial charge < -0.3 is 25.4 Å². The van der Waals surface area contributed by atoms with E-state index < -0.39 is 5.91 Å². The van der Waals surface area contributed by atoms with Crippen molar-refractivity contribution in [3.8, 4) is 5.88 Å². The molecule has 1 saturated heterocycles. The van der Waals surface area contributed by atoms with Crippen molar-refractivity contribution in [2.75, 3.05) is 38.2 Å². The predicted molar refractivity (Wildman–Crippen MR) is 110 cm³/mol. The number of morpholine rings is 1. The van der Waals surface area contributed by atoms with Gasteiger partial charge in [0.15, 0.2) is 0 Å². The quantitative estimate of drug-likeness (QED) is 0.669.